The Morgan fingerprint density at radius 2 is 1.31 bits per heavy atom. The minimum absolute atomic E-state index is 0.0712. The number of rotatable bonds is 13. The predicted octanol–water partition coefficient (Wildman–Crippen LogP) is 6.77. The van der Waals surface area contributed by atoms with Gasteiger partial charge in [-0.3, -0.25) is 9.59 Å². The van der Waals surface area contributed by atoms with Crippen LogP contribution in [0.5, 0.6) is 5.75 Å². The van der Waals surface area contributed by atoms with Gasteiger partial charge in [-0.05, 0) is 79.2 Å². The second kappa shape index (κ2) is 18.4. The Balaban J connectivity index is 1.26. The molecule has 0 aliphatic carbocycles. The van der Waals surface area contributed by atoms with Crippen LogP contribution in [-0.4, -0.2) is 65.9 Å². The van der Waals surface area contributed by atoms with Gasteiger partial charge in [0.25, 0.3) is 0 Å². The number of carbonyl (C=O) groups excluding carboxylic acids is 3. The molecule has 2 aliphatic heterocycles. The topological polar surface area (TPSA) is 91.0 Å². The Labute approximate surface area is 292 Å². The lowest BCUT2D eigenvalue weighted by Crippen LogP contribution is -2.57. The van der Waals surface area contributed by atoms with Crippen molar-refractivity contribution in [3.8, 4) is 5.75 Å². The molecule has 0 radical (unpaired) electrons. The third-order valence-corrected chi connectivity index (χ3v) is 9.73. The van der Waals surface area contributed by atoms with Crippen molar-refractivity contribution >= 4 is 17.8 Å². The van der Waals surface area contributed by atoms with Crippen molar-refractivity contribution < 1.29 is 19.1 Å². The summed E-state index contributed by atoms with van der Waals surface area (Å²) in [6.07, 6.45) is 7.89. The SMILES string of the molecule is CC(C)C[C@H](NC(=O)N1CCCCCC1)C(=O)N[C@@H](Cc1ccc(OCc2ccccc2)cc1)C(=O)N1CCC(Cc2ccccc2)CC1. The highest BCUT2D eigenvalue weighted by molar-refractivity contribution is 5.92. The van der Waals surface area contributed by atoms with E-state index >= 15 is 0 Å². The highest BCUT2D eigenvalue weighted by Crippen LogP contribution is 2.23. The van der Waals surface area contributed by atoms with Crippen molar-refractivity contribution in [2.45, 2.75) is 90.3 Å². The summed E-state index contributed by atoms with van der Waals surface area (Å²) in [7, 11) is 0. The summed E-state index contributed by atoms with van der Waals surface area (Å²) < 4.78 is 5.99. The molecular weight excluding hydrogens is 612 g/mol. The summed E-state index contributed by atoms with van der Waals surface area (Å²) in [6.45, 7) is 7.29. The second-order valence-electron chi connectivity index (χ2n) is 14.2. The molecule has 2 saturated heterocycles. The van der Waals surface area contributed by atoms with Gasteiger partial charge >= 0.3 is 6.03 Å². The van der Waals surface area contributed by atoms with Crippen LogP contribution >= 0.6 is 0 Å². The molecule has 0 aromatic heterocycles. The molecule has 3 aromatic rings. The standard InChI is InChI=1S/C41H54N4O4/c1-31(2)27-37(43-41(48)45-23-11-3-4-12-24-45)39(46)42-38(29-33-17-19-36(20-18-33)49-30-35-15-9-6-10-16-35)40(47)44-25-21-34(22-26-44)28-32-13-7-5-8-14-32/h5-10,13-20,31,34,37-38H,3-4,11-12,21-30H2,1-2H3,(H,42,46)(H,43,48)/t37-,38-/m0/s1. The second-order valence-corrected chi connectivity index (χ2v) is 14.2. The largest absolute Gasteiger partial charge is 0.489 e. The number of nitrogens with zero attached hydrogens (tertiary/aromatic N) is 2. The molecule has 2 fully saturated rings. The van der Waals surface area contributed by atoms with E-state index in [1.54, 1.807) is 0 Å². The van der Waals surface area contributed by atoms with Crippen LogP contribution in [-0.2, 0) is 29.0 Å². The predicted molar refractivity (Wildman–Crippen MR) is 194 cm³/mol. The molecule has 262 valence electrons. The lowest BCUT2D eigenvalue weighted by Gasteiger charge is -2.35. The van der Waals surface area contributed by atoms with E-state index in [9.17, 15) is 14.4 Å². The maximum absolute atomic E-state index is 14.2. The van der Waals surface area contributed by atoms with Gasteiger partial charge in [-0.2, -0.15) is 0 Å². The summed E-state index contributed by atoms with van der Waals surface area (Å²) in [5.74, 6) is 1.07. The normalized spacial score (nSPS) is 16.8. The third kappa shape index (κ3) is 11.4. The van der Waals surface area contributed by atoms with Gasteiger partial charge in [0.1, 0.15) is 24.4 Å². The average Bonchev–Trinajstić information content (AvgIpc) is 3.42. The summed E-state index contributed by atoms with van der Waals surface area (Å²) in [5.41, 5.74) is 3.34. The van der Waals surface area contributed by atoms with Gasteiger partial charge in [-0.25, -0.2) is 4.79 Å². The minimum Gasteiger partial charge on any atom is -0.489 e. The van der Waals surface area contributed by atoms with Gasteiger partial charge in [0.15, 0.2) is 0 Å². The number of carbonyl (C=O) groups is 3. The molecule has 8 heteroatoms. The van der Waals surface area contributed by atoms with Crippen LogP contribution < -0.4 is 15.4 Å². The molecule has 2 atom stereocenters. The van der Waals surface area contributed by atoms with Crippen molar-refractivity contribution in [1.82, 2.24) is 20.4 Å². The molecule has 2 heterocycles. The number of hydrogen-bond acceptors (Lipinski definition) is 4. The molecule has 0 spiro atoms. The van der Waals surface area contributed by atoms with Crippen molar-refractivity contribution in [2.24, 2.45) is 11.8 Å². The Kier molecular flexibility index (Phi) is 13.5. The molecule has 3 aromatic carbocycles. The van der Waals surface area contributed by atoms with Crippen molar-refractivity contribution in [3.63, 3.8) is 0 Å². The van der Waals surface area contributed by atoms with E-state index in [0.717, 1.165) is 61.8 Å². The van der Waals surface area contributed by atoms with E-state index in [-0.39, 0.29) is 23.8 Å². The van der Waals surface area contributed by atoms with Crippen LogP contribution in [0.4, 0.5) is 4.79 Å². The molecule has 5 rings (SSSR count). The van der Waals surface area contributed by atoms with Crippen LogP contribution in [0.25, 0.3) is 0 Å². The Morgan fingerprint density at radius 3 is 1.92 bits per heavy atom. The minimum atomic E-state index is -0.751. The number of ether oxygens (including phenoxy) is 1. The number of nitrogens with one attached hydrogen (secondary N) is 2. The van der Waals surface area contributed by atoms with Crippen LogP contribution in [0.2, 0.25) is 0 Å². The number of urea groups is 1. The first-order chi connectivity index (χ1) is 23.8. The van der Waals surface area contributed by atoms with Crippen molar-refractivity contribution in [1.29, 1.82) is 0 Å². The molecule has 49 heavy (non-hydrogen) atoms. The van der Waals surface area contributed by atoms with Gasteiger partial charge in [-0.15, -0.1) is 0 Å². The maximum atomic E-state index is 14.2. The Hall–Kier alpha value is -4.33. The first kappa shape index (κ1) is 36.0. The summed E-state index contributed by atoms with van der Waals surface area (Å²) in [4.78, 5) is 45.2. The molecule has 8 nitrogen and oxygen atoms in total. The average molecular weight is 667 g/mol. The Bertz CT molecular complexity index is 1450. The molecule has 2 N–H and O–H groups in total. The zero-order chi connectivity index (χ0) is 34.4. The summed E-state index contributed by atoms with van der Waals surface area (Å²) in [6, 6.07) is 26.6. The first-order valence-corrected chi connectivity index (χ1v) is 18.3. The van der Waals surface area contributed by atoms with Gasteiger partial charge in [0.05, 0.1) is 0 Å². The summed E-state index contributed by atoms with van der Waals surface area (Å²) in [5, 5.41) is 6.14. The highest BCUT2D eigenvalue weighted by atomic mass is 16.5. The lowest BCUT2D eigenvalue weighted by atomic mass is 9.89. The number of benzene rings is 3. The fourth-order valence-electron chi connectivity index (χ4n) is 6.91. The van der Waals surface area contributed by atoms with E-state index in [1.807, 2.05) is 84.3 Å². The summed E-state index contributed by atoms with van der Waals surface area (Å²) >= 11 is 0. The van der Waals surface area contributed by atoms with E-state index in [0.29, 0.717) is 51.5 Å². The first-order valence-electron chi connectivity index (χ1n) is 18.3. The maximum Gasteiger partial charge on any atom is 0.318 e. The fraction of sp³-hybridized carbons (Fsp3) is 0.488. The molecular formula is C41H54N4O4. The molecule has 0 bridgehead atoms. The Morgan fingerprint density at radius 1 is 0.694 bits per heavy atom. The highest BCUT2D eigenvalue weighted by Gasteiger charge is 2.33. The van der Waals surface area contributed by atoms with Gasteiger partial charge in [0.2, 0.25) is 11.8 Å². The quantitative estimate of drug-likeness (QED) is 0.211. The molecule has 0 unspecified atom stereocenters. The number of amides is 4. The smallest absolute Gasteiger partial charge is 0.318 e. The number of likely N-dealkylation sites (tertiary alicyclic amines) is 2. The van der Waals surface area contributed by atoms with E-state index in [2.05, 4.69) is 34.9 Å². The van der Waals surface area contributed by atoms with E-state index in [4.69, 9.17) is 4.74 Å². The zero-order valence-electron chi connectivity index (χ0n) is 29.3. The van der Waals surface area contributed by atoms with Crippen molar-refractivity contribution in [2.75, 3.05) is 26.2 Å². The third-order valence-electron chi connectivity index (χ3n) is 9.73. The van der Waals surface area contributed by atoms with Crippen LogP contribution in [0.1, 0.15) is 75.5 Å². The lowest BCUT2D eigenvalue weighted by molar-refractivity contribution is -0.138. The number of hydrogen-bond donors (Lipinski definition) is 2. The van der Waals surface area contributed by atoms with Crippen LogP contribution in [0, 0.1) is 11.8 Å². The monoisotopic (exact) mass is 666 g/mol. The molecule has 0 saturated carbocycles. The van der Waals surface area contributed by atoms with Gasteiger partial charge in [0, 0.05) is 32.6 Å². The molecule has 2 aliphatic rings. The van der Waals surface area contributed by atoms with Gasteiger partial charge in [-0.1, -0.05) is 99.5 Å². The van der Waals surface area contributed by atoms with Crippen molar-refractivity contribution in [3.05, 3.63) is 102 Å². The fourth-order valence-corrected chi connectivity index (χ4v) is 6.91. The van der Waals surface area contributed by atoms with Crippen LogP contribution in [0.3, 0.4) is 0 Å². The number of piperidine rings is 1. The molecule has 4 amide bonds. The van der Waals surface area contributed by atoms with E-state index < -0.39 is 12.1 Å². The zero-order valence-corrected chi connectivity index (χ0v) is 29.3. The van der Waals surface area contributed by atoms with Gasteiger partial charge < -0.3 is 25.2 Å². The van der Waals surface area contributed by atoms with E-state index in [1.165, 1.54) is 5.56 Å². The van der Waals surface area contributed by atoms with Crippen LogP contribution in [0.15, 0.2) is 84.9 Å².